The van der Waals surface area contributed by atoms with E-state index in [0.29, 0.717) is 72.2 Å². The topological polar surface area (TPSA) is 86.3 Å². The van der Waals surface area contributed by atoms with E-state index in [1.54, 1.807) is 37.3 Å². The van der Waals surface area contributed by atoms with E-state index in [2.05, 4.69) is 5.32 Å². The Hall–Kier alpha value is -3.13. The lowest BCUT2D eigenvalue weighted by molar-refractivity contribution is -0.116. The van der Waals surface area contributed by atoms with Crippen LogP contribution in [0.2, 0.25) is 5.02 Å². The van der Waals surface area contributed by atoms with E-state index in [1.807, 2.05) is 0 Å². The minimum atomic E-state index is -0.327. The number of ether oxygens (including phenoxy) is 4. The second kappa shape index (κ2) is 9.34. The van der Waals surface area contributed by atoms with Crippen molar-refractivity contribution in [2.75, 3.05) is 44.8 Å². The molecule has 0 saturated heterocycles. The fraction of sp³-hybridized carbons (Fsp3) is 0.364. The smallest absolute Gasteiger partial charge is 0.254 e. The predicted molar refractivity (Wildman–Crippen MR) is 115 cm³/mol. The molecule has 1 N–H and O–H groups in total. The van der Waals surface area contributed by atoms with E-state index in [0.717, 1.165) is 6.42 Å². The van der Waals surface area contributed by atoms with Gasteiger partial charge in [-0.15, -0.1) is 0 Å². The molecule has 2 heterocycles. The third-order valence-corrected chi connectivity index (χ3v) is 5.16. The first-order valence-corrected chi connectivity index (χ1v) is 10.5. The van der Waals surface area contributed by atoms with E-state index in [9.17, 15) is 9.59 Å². The van der Waals surface area contributed by atoms with E-state index in [1.165, 1.54) is 4.90 Å². The average Bonchev–Trinajstić information content (AvgIpc) is 3.03. The summed E-state index contributed by atoms with van der Waals surface area (Å²) in [6.07, 6.45) is 0.732. The first-order chi connectivity index (χ1) is 15.0. The molecule has 2 aromatic rings. The molecule has 2 aliphatic heterocycles. The van der Waals surface area contributed by atoms with Crippen LogP contribution in [0.15, 0.2) is 30.3 Å². The van der Waals surface area contributed by atoms with Crippen LogP contribution in [0.5, 0.6) is 23.0 Å². The maximum Gasteiger partial charge on any atom is 0.254 e. The second-order valence-electron chi connectivity index (χ2n) is 7.06. The lowest BCUT2D eigenvalue weighted by Crippen LogP contribution is -2.37. The Morgan fingerprint density at radius 2 is 1.71 bits per heavy atom. The molecule has 0 aromatic heterocycles. The van der Waals surface area contributed by atoms with Crippen LogP contribution >= 0.6 is 11.6 Å². The number of carbonyl (C=O) groups excluding carboxylic acids is 2. The van der Waals surface area contributed by atoms with Gasteiger partial charge in [0.1, 0.15) is 19.8 Å². The van der Waals surface area contributed by atoms with Gasteiger partial charge in [-0.1, -0.05) is 11.6 Å². The Morgan fingerprint density at radius 1 is 0.968 bits per heavy atom. The van der Waals surface area contributed by atoms with E-state index in [4.69, 9.17) is 30.5 Å². The summed E-state index contributed by atoms with van der Waals surface area (Å²) in [5.74, 6) is 1.44. The number of carbonyl (C=O) groups is 2. The van der Waals surface area contributed by atoms with Gasteiger partial charge in [0.15, 0.2) is 23.0 Å². The highest BCUT2D eigenvalue weighted by atomic mass is 35.5. The van der Waals surface area contributed by atoms with Crippen molar-refractivity contribution in [3.8, 4) is 23.0 Å². The highest BCUT2D eigenvalue weighted by Crippen LogP contribution is 2.38. The summed E-state index contributed by atoms with van der Waals surface area (Å²) in [5, 5.41) is 3.10. The number of hydrogen-bond acceptors (Lipinski definition) is 6. The molecule has 2 aromatic carbocycles. The average molecular weight is 447 g/mol. The summed E-state index contributed by atoms with van der Waals surface area (Å²) in [6, 6.07) is 8.32. The molecule has 0 saturated carbocycles. The second-order valence-corrected chi connectivity index (χ2v) is 7.47. The minimum absolute atomic E-state index is 0.115. The zero-order chi connectivity index (χ0) is 21.8. The van der Waals surface area contributed by atoms with Gasteiger partial charge in [0.2, 0.25) is 5.91 Å². The molecule has 0 spiro atoms. The van der Waals surface area contributed by atoms with Crippen molar-refractivity contribution in [3.63, 3.8) is 0 Å². The zero-order valence-electron chi connectivity index (χ0n) is 17.1. The van der Waals surface area contributed by atoms with Crippen LogP contribution in [-0.2, 0) is 4.79 Å². The summed E-state index contributed by atoms with van der Waals surface area (Å²) in [4.78, 5) is 27.1. The maximum absolute atomic E-state index is 13.0. The Labute approximate surface area is 185 Å². The number of amides is 2. The van der Waals surface area contributed by atoms with Crippen LogP contribution in [-0.4, -0.2) is 56.2 Å². The number of likely N-dealkylation sites (N-methyl/N-ethyl adjacent to an activating group) is 1. The molecule has 2 amide bonds. The van der Waals surface area contributed by atoms with E-state index < -0.39 is 0 Å². The molecule has 4 rings (SSSR count). The summed E-state index contributed by atoms with van der Waals surface area (Å²) in [5.41, 5.74) is 0.902. The standard InChI is InChI=1S/C22H23ClN2O6/c1-2-25(13-20(26)24-15-4-5-17-18(12-15)30-9-8-29-17)22(27)14-10-16(23)21-19(11-14)28-6-3-7-31-21/h4-5,10-12H,2-3,6-9,13H2,1H3,(H,24,26). The van der Waals surface area contributed by atoms with Gasteiger partial charge in [-0.05, 0) is 31.2 Å². The van der Waals surface area contributed by atoms with Crippen molar-refractivity contribution in [2.45, 2.75) is 13.3 Å². The number of nitrogens with zero attached hydrogens (tertiary/aromatic N) is 1. The molecule has 0 bridgehead atoms. The van der Waals surface area contributed by atoms with E-state index in [-0.39, 0.29) is 18.4 Å². The van der Waals surface area contributed by atoms with Crippen molar-refractivity contribution in [2.24, 2.45) is 0 Å². The Morgan fingerprint density at radius 3 is 2.52 bits per heavy atom. The van der Waals surface area contributed by atoms with Gasteiger partial charge in [-0.2, -0.15) is 0 Å². The van der Waals surface area contributed by atoms with Crippen LogP contribution in [0.4, 0.5) is 5.69 Å². The predicted octanol–water partition coefficient (Wildman–Crippen LogP) is 3.37. The number of anilines is 1. The third-order valence-electron chi connectivity index (χ3n) is 4.88. The van der Waals surface area contributed by atoms with Crippen LogP contribution in [0.25, 0.3) is 0 Å². The fourth-order valence-corrected chi connectivity index (χ4v) is 3.62. The molecule has 0 atom stereocenters. The molecule has 0 unspecified atom stereocenters. The molecule has 2 aliphatic rings. The fourth-order valence-electron chi connectivity index (χ4n) is 3.36. The number of hydrogen-bond donors (Lipinski definition) is 1. The molecule has 31 heavy (non-hydrogen) atoms. The van der Waals surface area contributed by atoms with Gasteiger partial charge in [0.25, 0.3) is 5.91 Å². The highest BCUT2D eigenvalue weighted by Gasteiger charge is 2.23. The number of halogens is 1. The molecule has 8 nitrogen and oxygen atoms in total. The zero-order valence-corrected chi connectivity index (χ0v) is 17.9. The molecule has 0 fully saturated rings. The number of benzene rings is 2. The van der Waals surface area contributed by atoms with Crippen LogP contribution in [0, 0.1) is 0 Å². The van der Waals surface area contributed by atoms with Crippen LogP contribution in [0.3, 0.4) is 0 Å². The Bertz CT molecular complexity index is 996. The van der Waals surface area contributed by atoms with Crippen LogP contribution < -0.4 is 24.3 Å². The summed E-state index contributed by atoms with van der Waals surface area (Å²) >= 11 is 6.31. The monoisotopic (exact) mass is 446 g/mol. The van der Waals surface area contributed by atoms with Gasteiger partial charge in [0.05, 0.1) is 18.2 Å². The summed E-state index contributed by atoms with van der Waals surface area (Å²) in [7, 11) is 0. The molecule has 9 heteroatoms. The van der Waals surface area contributed by atoms with Crippen molar-refractivity contribution >= 4 is 29.1 Å². The van der Waals surface area contributed by atoms with Gasteiger partial charge >= 0.3 is 0 Å². The van der Waals surface area contributed by atoms with E-state index >= 15 is 0 Å². The normalized spacial score (nSPS) is 14.4. The maximum atomic E-state index is 13.0. The van der Waals surface area contributed by atoms with Crippen molar-refractivity contribution in [3.05, 3.63) is 40.9 Å². The number of nitrogens with one attached hydrogen (secondary N) is 1. The molecular weight excluding hydrogens is 424 g/mol. The molecular formula is C22H23ClN2O6. The van der Waals surface area contributed by atoms with Gasteiger partial charge < -0.3 is 29.2 Å². The quantitative estimate of drug-likeness (QED) is 0.757. The van der Waals surface area contributed by atoms with Gasteiger partial charge in [-0.3, -0.25) is 9.59 Å². The SMILES string of the molecule is CCN(CC(=O)Nc1ccc2c(c1)OCCO2)C(=O)c1cc(Cl)c2c(c1)OCCCO2. The molecule has 0 aliphatic carbocycles. The Balaban J connectivity index is 1.45. The number of rotatable bonds is 5. The molecule has 164 valence electrons. The summed E-state index contributed by atoms with van der Waals surface area (Å²) < 4.78 is 22.3. The van der Waals surface area contributed by atoms with Gasteiger partial charge in [0, 0.05) is 30.3 Å². The van der Waals surface area contributed by atoms with Crippen LogP contribution in [0.1, 0.15) is 23.7 Å². The lowest BCUT2D eigenvalue weighted by atomic mass is 10.1. The minimum Gasteiger partial charge on any atom is -0.489 e. The largest absolute Gasteiger partial charge is 0.489 e. The third kappa shape index (κ3) is 4.80. The first-order valence-electron chi connectivity index (χ1n) is 10.1. The summed E-state index contributed by atoms with van der Waals surface area (Å²) in [6.45, 7) is 3.98. The first kappa shape index (κ1) is 21.1. The van der Waals surface area contributed by atoms with Crippen molar-refractivity contribution in [1.29, 1.82) is 0 Å². The van der Waals surface area contributed by atoms with Gasteiger partial charge in [-0.25, -0.2) is 0 Å². The lowest BCUT2D eigenvalue weighted by Gasteiger charge is -2.22. The van der Waals surface area contributed by atoms with Crippen molar-refractivity contribution in [1.82, 2.24) is 4.90 Å². The molecule has 0 radical (unpaired) electrons. The number of fused-ring (bicyclic) bond motifs is 2. The Kier molecular flexibility index (Phi) is 6.36. The van der Waals surface area contributed by atoms with Crippen molar-refractivity contribution < 1.29 is 28.5 Å². The highest BCUT2D eigenvalue weighted by molar-refractivity contribution is 6.32.